The highest BCUT2D eigenvalue weighted by Gasteiger charge is 2.34. The summed E-state index contributed by atoms with van der Waals surface area (Å²) in [6, 6.07) is 0. The first-order valence-corrected chi connectivity index (χ1v) is 6.80. The Morgan fingerprint density at radius 2 is 2.07 bits per heavy atom. The quantitative estimate of drug-likeness (QED) is 0.679. The van der Waals surface area contributed by atoms with Gasteiger partial charge in [0.15, 0.2) is 0 Å². The summed E-state index contributed by atoms with van der Waals surface area (Å²) in [7, 11) is 0. The second kappa shape index (κ2) is 5.89. The van der Waals surface area contributed by atoms with Gasteiger partial charge in [0.1, 0.15) is 0 Å². The SMILES string of the molecule is CCCCCC1(O)CCCC(C(C)C)C1. The monoisotopic (exact) mass is 212 g/mol. The highest BCUT2D eigenvalue weighted by atomic mass is 16.3. The Balaban J connectivity index is 2.38. The molecule has 90 valence electrons. The molecule has 0 spiro atoms. The summed E-state index contributed by atoms with van der Waals surface area (Å²) in [6.45, 7) is 6.81. The maximum absolute atomic E-state index is 10.5. The van der Waals surface area contributed by atoms with Gasteiger partial charge < -0.3 is 5.11 Å². The van der Waals surface area contributed by atoms with Crippen LogP contribution in [0, 0.1) is 11.8 Å². The molecular weight excluding hydrogens is 184 g/mol. The highest BCUT2D eigenvalue weighted by molar-refractivity contribution is 4.87. The average molecular weight is 212 g/mol. The van der Waals surface area contributed by atoms with Crippen molar-refractivity contribution in [1.82, 2.24) is 0 Å². The van der Waals surface area contributed by atoms with Crippen LogP contribution in [0.15, 0.2) is 0 Å². The summed E-state index contributed by atoms with van der Waals surface area (Å²) >= 11 is 0. The molecule has 0 saturated heterocycles. The molecule has 0 radical (unpaired) electrons. The molecule has 1 saturated carbocycles. The van der Waals surface area contributed by atoms with Gasteiger partial charge in [-0.3, -0.25) is 0 Å². The Kier molecular flexibility index (Phi) is 5.11. The largest absolute Gasteiger partial charge is 0.390 e. The van der Waals surface area contributed by atoms with Crippen LogP contribution in [0.4, 0.5) is 0 Å². The zero-order valence-electron chi connectivity index (χ0n) is 10.8. The van der Waals surface area contributed by atoms with Crippen LogP contribution in [-0.4, -0.2) is 10.7 Å². The predicted molar refractivity (Wildman–Crippen MR) is 65.9 cm³/mol. The first-order chi connectivity index (χ1) is 7.07. The van der Waals surface area contributed by atoms with Gasteiger partial charge in [0, 0.05) is 0 Å². The van der Waals surface area contributed by atoms with Crippen molar-refractivity contribution in [2.24, 2.45) is 11.8 Å². The predicted octanol–water partition coefficient (Wildman–Crippen LogP) is 4.14. The van der Waals surface area contributed by atoms with Gasteiger partial charge in [0.05, 0.1) is 5.60 Å². The molecule has 1 rings (SSSR count). The summed E-state index contributed by atoms with van der Waals surface area (Å²) in [5, 5.41) is 10.5. The maximum atomic E-state index is 10.5. The van der Waals surface area contributed by atoms with Crippen molar-refractivity contribution in [1.29, 1.82) is 0 Å². The standard InChI is InChI=1S/C14H28O/c1-4-5-6-9-14(15)10-7-8-13(11-14)12(2)3/h12-13,15H,4-11H2,1-3H3. The Morgan fingerprint density at radius 1 is 1.33 bits per heavy atom. The lowest BCUT2D eigenvalue weighted by Crippen LogP contribution is -2.36. The number of aliphatic hydroxyl groups is 1. The third kappa shape index (κ3) is 4.14. The van der Waals surface area contributed by atoms with Crippen LogP contribution in [0.2, 0.25) is 0 Å². The van der Waals surface area contributed by atoms with Crippen LogP contribution in [0.25, 0.3) is 0 Å². The Labute approximate surface area is 95.3 Å². The summed E-state index contributed by atoms with van der Waals surface area (Å²) in [5.41, 5.74) is -0.317. The molecule has 0 aromatic heterocycles. The highest BCUT2D eigenvalue weighted by Crippen LogP contribution is 2.39. The molecule has 2 atom stereocenters. The van der Waals surface area contributed by atoms with E-state index in [4.69, 9.17) is 0 Å². The van der Waals surface area contributed by atoms with Crippen LogP contribution in [0.5, 0.6) is 0 Å². The molecule has 0 heterocycles. The van der Waals surface area contributed by atoms with E-state index in [1.54, 1.807) is 0 Å². The van der Waals surface area contributed by atoms with E-state index in [0.717, 1.165) is 31.1 Å². The van der Waals surface area contributed by atoms with Crippen molar-refractivity contribution in [3.63, 3.8) is 0 Å². The third-order valence-corrected chi connectivity index (χ3v) is 4.05. The fraction of sp³-hybridized carbons (Fsp3) is 1.00. The first-order valence-electron chi connectivity index (χ1n) is 6.80. The summed E-state index contributed by atoms with van der Waals surface area (Å²) in [5.74, 6) is 1.49. The fourth-order valence-electron chi connectivity index (χ4n) is 2.89. The molecule has 1 aliphatic rings. The van der Waals surface area contributed by atoms with Crippen LogP contribution in [-0.2, 0) is 0 Å². The molecule has 1 fully saturated rings. The number of unbranched alkanes of at least 4 members (excludes halogenated alkanes) is 2. The third-order valence-electron chi connectivity index (χ3n) is 4.05. The smallest absolute Gasteiger partial charge is 0.0650 e. The van der Waals surface area contributed by atoms with Crippen molar-refractivity contribution < 1.29 is 5.11 Å². The fourth-order valence-corrected chi connectivity index (χ4v) is 2.89. The van der Waals surface area contributed by atoms with Crippen LogP contribution in [0.3, 0.4) is 0 Å². The molecule has 1 N–H and O–H groups in total. The molecule has 1 aliphatic carbocycles. The topological polar surface area (TPSA) is 20.2 Å². The minimum absolute atomic E-state index is 0.317. The lowest BCUT2D eigenvalue weighted by Gasteiger charge is -2.38. The van der Waals surface area contributed by atoms with E-state index in [2.05, 4.69) is 20.8 Å². The van der Waals surface area contributed by atoms with E-state index in [-0.39, 0.29) is 5.60 Å². The molecule has 0 aromatic carbocycles. The molecule has 0 amide bonds. The van der Waals surface area contributed by atoms with Gasteiger partial charge in [-0.1, -0.05) is 46.5 Å². The van der Waals surface area contributed by atoms with Gasteiger partial charge >= 0.3 is 0 Å². The average Bonchev–Trinajstić information content (AvgIpc) is 2.18. The van der Waals surface area contributed by atoms with Crippen LogP contribution >= 0.6 is 0 Å². The second-order valence-electron chi connectivity index (χ2n) is 5.78. The lowest BCUT2D eigenvalue weighted by atomic mass is 9.72. The normalized spacial score (nSPS) is 32.2. The maximum Gasteiger partial charge on any atom is 0.0650 e. The van der Waals surface area contributed by atoms with Gasteiger partial charge in [0.25, 0.3) is 0 Å². The molecule has 15 heavy (non-hydrogen) atoms. The Morgan fingerprint density at radius 3 is 2.67 bits per heavy atom. The molecule has 2 unspecified atom stereocenters. The molecular formula is C14H28O. The molecule has 1 heteroatoms. The van der Waals surface area contributed by atoms with Crippen LogP contribution < -0.4 is 0 Å². The van der Waals surface area contributed by atoms with E-state index in [1.807, 2.05) is 0 Å². The number of hydrogen-bond acceptors (Lipinski definition) is 1. The van der Waals surface area contributed by atoms with Gasteiger partial charge in [0.2, 0.25) is 0 Å². The minimum atomic E-state index is -0.317. The second-order valence-corrected chi connectivity index (χ2v) is 5.78. The number of rotatable bonds is 5. The molecule has 1 nitrogen and oxygen atoms in total. The minimum Gasteiger partial charge on any atom is -0.390 e. The van der Waals surface area contributed by atoms with Crippen molar-refractivity contribution in [3.05, 3.63) is 0 Å². The van der Waals surface area contributed by atoms with E-state index < -0.39 is 0 Å². The first kappa shape index (κ1) is 13.0. The van der Waals surface area contributed by atoms with Crippen molar-refractivity contribution in [2.75, 3.05) is 0 Å². The lowest BCUT2D eigenvalue weighted by molar-refractivity contribution is -0.0328. The zero-order chi connectivity index (χ0) is 11.3. The van der Waals surface area contributed by atoms with Crippen molar-refractivity contribution in [2.45, 2.75) is 77.7 Å². The van der Waals surface area contributed by atoms with E-state index >= 15 is 0 Å². The van der Waals surface area contributed by atoms with Gasteiger partial charge in [-0.15, -0.1) is 0 Å². The number of hydrogen-bond donors (Lipinski definition) is 1. The van der Waals surface area contributed by atoms with Crippen molar-refractivity contribution >= 4 is 0 Å². The molecule has 0 bridgehead atoms. The molecule has 0 aliphatic heterocycles. The summed E-state index contributed by atoms with van der Waals surface area (Å²) in [6.07, 6.45) is 9.41. The van der Waals surface area contributed by atoms with Crippen LogP contribution in [0.1, 0.15) is 72.1 Å². The van der Waals surface area contributed by atoms with Gasteiger partial charge in [-0.05, 0) is 37.5 Å². The summed E-state index contributed by atoms with van der Waals surface area (Å²) in [4.78, 5) is 0. The van der Waals surface area contributed by atoms with E-state index in [0.29, 0.717) is 0 Å². The zero-order valence-corrected chi connectivity index (χ0v) is 10.8. The Bertz CT molecular complexity index is 176. The van der Waals surface area contributed by atoms with Crippen molar-refractivity contribution in [3.8, 4) is 0 Å². The van der Waals surface area contributed by atoms with E-state index in [9.17, 15) is 5.11 Å². The van der Waals surface area contributed by atoms with Gasteiger partial charge in [-0.25, -0.2) is 0 Å². The Hall–Kier alpha value is -0.0400. The van der Waals surface area contributed by atoms with Gasteiger partial charge in [-0.2, -0.15) is 0 Å². The molecule has 0 aromatic rings. The summed E-state index contributed by atoms with van der Waals surface area (Å²) < 4.78 is 0. The van der Waals surface area contributed by atoms with E-state index in [1.165, 1.54) is 32.1 Å².